The van der Waals surface area contributed by atoms with Crippen LogP contribution in [-0.2, 0) is 18.1 Å². The Morgan fingerprint density at radius 3 is 2.52 bits per heavy atom. The van der Waals surface area contributed by atoms with E-state index in [4.69, 9.17) is 0 Å². The van der Waals surface area contributed by atoms with Crippen LogP contribution in [0.1, 0.15) is 48.2 Å². The molecule has 33 heavy (non-hydrogen) atoms. The lowest BCUT2D eigenvalue weighted by atomic mass is 9.91. The van der Waals surface area contributed by atoms with Crippen LogP contribution in [0.2, 0.25) is 0 Å². The summed E-state index contributed by atoms with van der Waals surface area (Å²) in [7, 11) is 0. The van der Waals surface area contributed by atoms with Crippen molar-refractivity contribution in [1.82, 2.24) is 29.4 Å². The minimum absolute atomic E-state index is 0.0761. The second-order valence-electron chi connectivity index (χ2n) is 8.42. The Labute approximate surface area is 185 Å². The van der Waals surface area contributed by atoms with E-state index in [0.29, 0.717) is 10.1 Å². The van der Waals surface area contributed by atoms with E-state index in [9.17, 15) is 22.4 Å². The summed E-state index contributed by atoms with van der Waals surface area (Å²) in [5.41, 5.74) is -1.21. The lowest BCUT2D eigenvalue weighted by Gasteiger charge is -2.19. The number of anilines is 1. The smallest absolute Gasteiger partial charge is 0.288 e. The SMILES string of the molecule is CC(C)(C)c1cc(C(F)(F)F)n2nc(C(=O)Nc3ncn(Cc4cccc(F)c4)n3)cc2n1. The van der Waals surface area contributed by atoms with Gasteiger partial charge in [-0.05, 0) is 23.8 Å². The molecule has 172 valence electrons. The first-order chi connectivity index (χ1) is 15.4. The number of rotatable bonds is 4. The van der Waals surface area contributed by atoms with Gasteiger partial charge in [0, 0.05) is 11.5 Å². The van der Waals surface area contributed by atoms with Crippen LogP contribution in [0.15, 0.2) is 42.7 Å². The number of carbonyl (C=O) groups excluding carboxylic acids is 1. The summed E-state index contributed by atoms with van der Waals surface area (Å²) in [4.78, 5) is 20.8. The second-order valence-corrected chi connectivity index (χ2v) is 8.42. The van der Waals surface area contributed by atoms with Crippen LogP contribution in [0.3, 0.4) is 0 Å². The minimum atomic E-state index is -4.70. The summed E-state index contributed by atoms with van der Waals surface area (Å²) >= 11 is 0. The maximum absolute atomic E-state index is 13.6. The molecule has 0 saturated carbocycles. The molecule has 3 heterocycles. The molecule has 0 bridgehead atoms. The number of hydrogen-bond acceptors (Lipinski definition) is 5. The zero-order chi connectivity index (χ0) is 24.0. The summed E-state index contributed by atoms with van der Waals surface area (Å²) in [6.45, 7) is 5.43. The number of alkyl halides is 3. The second kappa shape index (κ2) is 7.94. The van der Waals surface area contributed by atoms with Gasteiger partial charge in [-0.2, -0.15) is 18.3 Å². The van der Waals surface area contributed by atoms with Crippen LogP contribution in [0.5, 0.6) is 0 Å². The van der Waals surface area contributed by atoms with Gasteiger partial charge in [-0.15, -0.1) is 5.10 Å². The largest absolute Gasteiger partial charge is 0.433 e. The molecule has 1 aromatic carbocycles. The van der Waals surface area contributed by atoms with Crippen molar-refractivity contribution in [3.05, 3.63) is 71.2 Å². The Hall–Kier alpha value is -3.83. The molecule has 1 N–H and O–H groups in total. The number of benzene rings is 1. The fraction of sp³-hybridized carbons (Fsp3) is 0.286. The van der Waals surface area contributed by atoms with E-state index >= 15 is 0 Å². The Balaban J connectivity index is 1.59. The Bertz CT molecular complexity index is 1330. The third kappa shape index (κ3) is 4.83. The van der Waals surface area contributed by atoms with Gasteiger partial charge in [-0.25, -0.2) is 23.6 Å². The number of carbonyl (C=O) groups is 1. The molecule has 0 saturated heterocycles. The molecule has 4 rings (SSSR count). The first kappa shape index (κ1) is 22.4. The normalized spacial score (nSPS) is 12.3. The monoisotopic (exact) mass is 461 g/mol. The highest BCUT2D eigenvalue weighted by molar-refractivity contribution is 6.02. The minimum Gasteiger partial charge on any atom is -0.288 e. The quantitative estimate of drug-likeness (QED) is 0.463. The van der Waals surface area contributed by atoms with Crippen molar-refractivity contribution in [3.63, 3.8) is 0 Å². The van der Waals surface area contributed by atoms with E-state index in [1.165, 1.54) is 29.2 Å². The van der Waals surface area contributed by atoms with Crippen molar-refractivity contribution in [2.24, 2.45) is 0 Å². The number of aromatic nitrogens is 6. The van der Waals surface area contributed by atoms with E-state index in [0.717, 1.165) is 6.07 Å². The van der Waals surface area contributed by atoms with Gasteiger partial charge in [0.05, 0.1) is 12.2 Å². The van der Waals surface area contributed by atoms with Gasteiger partial charge >= 0.3 is 6.18 Å². The van der Waals surface area contributed by atoms with E-state index in [-0.39, 0.29) is 29.5 Å². The molecular weight excluding hydrogens is 442 g/mol. The maximum atomic E-state index is 13.6. The summed E-state index contributed by atoms with van der Waals surface area (Å²) in [6, 6.07) is 8.02. The fourth-order valence-electron chi connectivity index (χ4n) is 3.09. The number of halogens is 4. The molecule has 0 aliphatic carbocycles. The van der Waals surface area contributed by atoms with E-state index in [2.05, 4.69) is 25.5 Å². The van der Waals surface area contributed by atoms with Crippen LogP contribution in [0.4, 0.5) is 23.5 Å². The van der Waals surface area contributed by atoms with Gasteiger partial charge in [0.15, 0.2) is 11.3 Å². The molecule has 1 amide bonds. The molecule has 12 heteroatoms. The van der Waals surface area contributed by atoms with E-state index < -0.39 is 29.0 Å². The predicted octanol–water partition coefficient (Wildman–Crippen LogP) is 4.08. The Morgan fingerprint density at radius 2 is 1.85 bits per heavy atom. The lowest BCUT2D eigenvalue weighted by Crippen LogP contribution is -2.20. The molecule has 4 aromatic rings. The standard InChI is InChI=1S/C21H19F4N7O/c1-20(2,3)15-9-16(21(23,24)25)32-17(27-15)8-14(29-32)18(33)28-19-26-11-31(30-19)10-12-5-4-6-13(22)7-12/h4-9,11H,10H2,1-3H3,(H,28,30,33). The maximum Gasteiger partial charge on any atom is 0.433 e. The van der Waals surface area contributed by atoms with Crippen molar-refractivity contribution >= 4 is 17.5 Å². The Kier molecular flexibility index (Phi) is 5.38. The molecular formula is C21H19F4N7O. The lowest BCUT2D eigenvalue weighted by molar-refractivity contribution is -0.142. The van der Waals surface area contributed by atoms with Gasteiger partial charge < -0.3 is 0 Å². The molecule has 0 fully saturated rings. The fourth-order valence-corrected chi connectivity index (χ4v) is 3.09. The molecule has 0 aliphatic rings. The van der Waals surface area contributed by atoms with Crippen molar-refractivity contribution in [2.45, 2.75) is 38.9 Å². The highest BCUT2D eigenvalue weighted by Gasteiger charge is 2.36. The third-order valence-electron chi connectivity index (χ3n) is 4.71. The van der Waals surface area contributed by atoms with E-state index in [1.54, 1.807) is 32.9 Å². The third-order valence-corrected chi connectivity index (χ3v) is 4.71. The molecule has 0 unspecified atom stereocenters. The predicted molar refractivity (Wildman–Crippen MR) is 110 cm³/mol. The first-order valence-corrected chi connectivity index (χ1v) is 9.84. The topological polar surface area (TPSA) is 90.0 Å². The van der Waals surface area contributed by atoms with Crippen LogP contribution >= 0.6 is 0 Å². The van der Waals surface area contributed by atoms with Gasteiger partial charge in [-0.3, -0.25) is 10.1 Å². The van der Waals surface area contributed by atoms with Gasteiger partial charge in [0.25, 0.3) is 5.91 Å². The summed E-state index contributed by atoms with van der Waals surface area (Å²) in [6.07, 6.45) is -3.36. The molecule has 0 radical (unpaired) electrons. The summed E-state index contributed by atoms with van der Waals surface area (Å²) in [5, 5.41) is 10.3. The zero-order valence-electron chi connectivity index (χ0n) is 17.9. The highest BCUT2D eigenvalue weighted by atomic mass is 19.4. The van der Waals surface area contributed by atoms with Crippen molar-refractivity contribution < 1.29 is 22.4 Å². The van der Waals surface area contributed by atoms with Crippen molar-refractivity contribution in [2.75, 3.05) is 5.32 Å². The van der Waals surface area contributed by atoms with Gasteiger partial charge in [-0.1, -0.05) is 32.9 Å². The number of hydrogen-bond donors (Lipinski definition) is 1. The molecule has 8 nitrogen and oxygen atoms in total. The van der Waals surface area contributed by atoms with Crippen LogP contribution in [0, 0.1) is 5.82 Å². The molecule has 0 atom stereocenters. The number of nitrogens with zero attached hydrogens (tertiary/aromatic N) is 6. The summed E-state index contributed by atoms with van der Waals surface area (Å²) < 4.78 is 56.2. The molecule has 0 aliphatic heterocycles. The molecule has 3 aromatic heterocycles. The highest BCUT2D eigenvalue weighted by Crippen LogP contribution is 2.32. The van der Waals surface area contributed by atoms with Crippen LogP contribution in [-0.4, -0.2) is 35.3 Å². The van der Waals surface area contributed by atoms with Crippen LogP contribution in [0.25, 0.3) is 5.65 Å². The number of fused-ring (bicyclic) bond motifs is 1. The molecule has 0 spiro atoms. The van der Waals surface area contributed by atoms with Gasteiger partial charge in [0.2, 0.25) is 5.95 Å². The summed E-state index contributed by atoms with van der Waals surface area (Å²) in [5.74, 6) is -1.27. The van der Waals surface area contributed by atoms with Gasteiger partial charge in [0.1, 0.15) is 17.8 Å². The Morgan fingerprint density at radius 1 is 1.09 bits per heavy atom. The number of nitrogens with one attached hydrogen (secondary N) is 1. The first-order valence-electron chi connectivity index (χ1n) is 9.84. The van der Waals surface area contributed by atoms with Crippen molar-refractivity contribution in [3.8, 4) is 0 Å². The van der Waals surface area contributed by atoms with E-state index in [1.807, 2.05) is 0 Å². The number of amides is 1. The zero-order valence-corrected chi connectivity index (χ0v) is 17.9. The van der Waals surface area contributed by atoms with Crippen molar-refractivity contribution in [1.29, 1.82) is 0 Å². The van der Waals surface area contributed by atoms with Crippen LogP contribution < -0.4 is 5.32 Å². The average molecular weight is 461 g/mol. The average Bonchev–Trinajstić information content (AvgIpc) is 3.32.